The van der Waals surface area contributed by atoms with Crippen molar-refractivity contribution in [3.63, 3.8) is 0 Å². The molecule has 2 atom stereocenters. The molecule has 7 heteroatoms. The Morgan fingerprint density at radius 2 is 2.29 bits per heavy atom. The molecule has 21 heavy (non-hydrogen) atoms. The van der Waals surface area contributed by atoms with Crippen LogP contribution in [0.3, 0.4) is 0 Å². The number of non-ortho nitro benzene ring substituents is 1. The van der Waals surface area contributed by atoms with Gasteiger partial charge in [-0.3, -0.25) is 14.9 Å². The molecule has 0 aromatic heterocycles. The fourth-order valence-corrected chi connectivity index (χ4v) is 2.51. The zero-order valence-corrected chi connectivity index (χ0v) is 12.1. The van der Waals surface area contributed by atoms with E-state index < -0.39 is 4.92 Å². The van der Waals surface area contributed by atoms with Crippen LogP contribution in [-0.2, 0) is 4.79 Å². The van der Waals surface area contributed by atoms with Crippen molar-refractivity contribution >= 4 is 17.3 Å². The molecule has 1 aliphatic rings. The number of anilines is 1. The molecule has 2 N–H and O–H groups in total. The van der Waals surface area contributed by atoms with Crippen molar-refractivity contribution in [2.45, 2.75) is 25.8 Å². The highest BCUT2D eigenvalue weighted by molar-refractivity contribution is 5.94. The van der Waals surface area contributed by atoms with E-state index in [-0.39, 0.29) is 17.5 Å². The quantitative estimate of drug-likeness (QED) is 0.653. The third-order valence-electron chi connectivity index (χ3n) is 3.65. The number of ether oxygens (including phenoxy) is 1. The number of benzene rings is 1. The van der Waals surface area contributed by atoms with Gasteiger partial charge >= 0.3 is 0 Å². The van der Waals surface area contributed by atoms with Crippen LogP contribution in [-0.4, -0.2) is 30.5 Å². The third-order valence-corrected chi connectivity index (χ3v) is 3.65. The lowest BCUT2D eigenvalue weighted by molar-refractivity contribution is -0.384. The van der Waals surface area contributed by atoms with E-state index in [4.69, 9.17) is 4.74 Å². The first-order chi connectivity index (χ1) is 10.0. The summed E-state index contributed by atoms with van der Waals surface area (Å²) < 4.78 is 5.14. The maximum atomic E-state index is 12.3. The SMILES string of the molecule is COc1ccc([N+](=O)[O-])cc1NC(=O)C1CCNC(C)C1. The molecule has 114 valence electrons. The molecule has 1 heterocycles. The molecule has 1 saturated heterocycles. The van der Waals surface area contributed by atoms with Gasteiger partial charge < -0.3 is 15.4 Å². The molecule has 0 aliphatic carbocycles. The zero-order valence-electron chi connectivity index (χ0n) is 12.1. The Kier molecular flexibility index (Phi) is 4.74. The van der Waals surface area contributed by atoms with Crippen LogP contribution in [0.15, 0.2) is 18.2 Å². The monoisotopic (exact) mass is 293 g/mol. The van der Waals surface area contributed by atoms with Gasteiger partial charge in [0.1, 0.15) is 5.75 Å². The van der Waals surface area contributed by atoms with Crippen LogP contribution in [0.2, 0.25) is 0 Å². The maximum Gasteiger partial charge on any atom is 0.271 e. The van der Waals surface area contributed by atoms with E-state index in [1.54, 1.807) is 0 Å². The minimum atomic E-state index is -0.498. The van der Waals surface area contributed by atoms with E-state index in [2.05, 4.69) is 10.6 Å². The van der Waals surface area contributed by atoms with Crippen LogP contribution in [0.5, 0.6) is 5.75 Å². The van der Waals surface area contributed by atoms with Crippen molar-refractivity contribution in [3.05, 3.63) is 28.3 Å². The number of amides is 1. The summed E-state index contributed by atoms with van der Waals surface area (Å²) in [7, 11) is 1.46. The van der Waals surface area contributed by atoms with Crippen LogP contribution in [0.25, 0.3) is 0 Å². The van der Waals surface area contributed by atoms with Gasteiger partial charge in [-0.05, 0) is 32.4 Å². The van der Waals surface area contributed by atoms with Crippen LogP contribution in [0, 0.1) is 16.0 Å². The van der Waals surface area contributed by atoms with E-state index in [0.29, 0.717) is 17.5 Å². The fraction of sp³-hybridized carbons (Fsp3) is 0.500. The van der Waals surface area contributed by atoms with Gasteiger partial charge in [0, 0.05) is 24.1 Å². The summed E-state index contributed by atoms with van der Waals surface area (Å²) in [6.07, 6.45) is 1.51. The number of nitro benzene ring substituents is 1. The molecule has 0 bridgehead atoms. The Hall–Kier alpha value is -2.15. The predicted octanol–water partition coefficient (Wildman–Crippen LogP) is 1.93. The van der Waals surface area contributed by atoms with Crippen LogP contribution < -0.4 is 15.4 Å². The van der Waals surface area contributed by atoms with Crippen molar-refractivity contribution in [3.8, 4) is 5.75 Å². The van der Waals surface area contributed by atoms with Gasteiger partial charge in [0.25, 0.3) is 5.69 Å². The minimum absolute atomic E-state index is 0.0789. The summed E-state index contributed by atoms with van der Waals surface area (Å²) in [5.41, 5.74) is 0.257. The van der Waals surface area contributed by atoms with E-state index in [0.717, 1.165) is 19.4 Å². The normalized spacial score (nSPS) is 21.6. The van der Waals surface area contributed by atoms with Crippen molar-refractivity contribution in [1.82, 2.24) is 5.32 Å². The van der Waals surface area contributed by atoms with Crippen LogP contribution in [0.1, 0.15) is 19.8 Å². The molecule has 1 aromatic rings. The number of methoxy groups -OCH3 is 1. The first kappa shape index (κ1) is 15.2. The number of carbonyl (C=O) groups is 1. The van der Waals surface area contributed by atoms with Gasteiger partial charge in [0.15, 0.2) is 0 Å². The molecular formula is C14H19N3O4. The lowest BCUT2D eigenvalue weighted by Gasteiger charge is -2.27. The molecule has 1 aliphatic heterocycles. The summed E-state index contributed by atoms with van der Waals surface area (Å²) in [5, 5.41) is 16.9. The van der Waals surface area contributed by atoms with E-state index in [9.17, 15) is 14.9 Å². The Balaban J connectivity index is 2.15. The Morgan fingerprint density at radius 3 is 2.90 bits per heavy atom. The van der Waals surface area contributed by atoms with Gasteiger partial charge in [-0.2, -0.15) is 0 Å². The summed E-state index contributed by atoms with van der Waals surface area (Å²) in [5.74, 6) is 0.197. The summed E-state index contributed by atoms with van der Waals surface area (Å²) in [6, 6.07) is 4.45. The number of nitrogens with zero attached hydrogens (tertiary/aromatic N) is 1. The average molecular weight is 293 g/mol. The highest BCUT2D eigenvalue weighted by Crippen LogP contribution is 2.30. The molecule has 0 spiro atoms. The van der Waals surface area contributed by atoms with Gasteiger partial charge in [-0.1, -0.05) is 0 Å². The van der Waals surface area contributed by atoms with E-state index in [1.165, 1.54) is 25.3 Å². The lowest BCUT2D eigenvalue weighted by atomic mass is 9.92. The zero-order chi connectivity index (χ0) is 15.4. The lowest BCUT2D eigenvalue weighted by Crippen LogP contribution is -2.40. The average Bonchev–Trinajstić information content (AvgIpc) is 2.47. The second kappa shape index (κ2) is 6.53. The smallest absolute Gasteiger partial charge is 0.271 e. The van der Waals surface area contributed by atoms with Gasteiger partial charge in [0.05, 0.1) is 17.7 Å². The molecule has 1 aromatic carbocycles. The Bertz CT molecular complexity index is 547. The van der Waals surface area contributed by atoms with E-state index in [1.807, 2.05) is 6.92 Å². The van der Waals surface area contributed by atoms with Crippen molar-refractivity contribution in [1.29, 1.82) is 0 Å². The summed E-state index contributed by atoms with van der Waals surface area (Å²) in [4.78, 5) is 22.6. The third kappa shape index (κ3) is 3.69. The molecule has 0 radical (unpaired) electrons. The fourth-order valence-electron chi connectivity index (χ4n) is 2.51. The maximum absolute atomic E-state index is 12.3. The van der Waals surface area contributed by atoms with Crippen molar-refractivity contribution < 1.29 is 14.5 Å². The van der Waals surface area contributed by atoms with Crippen molar-refractivity contribution in [2.75, 3.05) is 19.0 Å². The Morgan fingerprint density at radius 1 is 1.52 bits per heavy atom. The number of hydrogen-bond donors (Lipinski definition) is 2. The number of piperidine rings is 1. The van der Waals surface area contributed by atoms with Gasteiger partial charge in [0.2, 0.25) is 5.91 Å². The summed E-state index contributed by atoms with van der Waals surface area (Å²) >= 11 is 0. The highest BCUT2D eigenvalue weighted by Gasteiger charge is 2.25. The minimum Gasteiger partial charge on any atom is -0.495 e. The largest absolute Gasteiger partial charge is 0.495 e. The standard InChI is InChI=1S/C14H19N3O4/c1-9-7-10(5-6-15-9)14(18)16-12-8-11(17(19)20)3-4-13(12)21-2/h3-4,8-10,15H,5-7H2,1-2H3,(H,16,18). The molecule has 2 unspecified atom stereocenters. The molecule has 7 nitrogen and oxygen atoms in total. The number of carbonyl (C=O) groups excluding carboxylic acids is 1. The van der Waals surface area contributed by atoms with Gasteiger partial charge in [-0.25, -0.2) is 0 Å². The van der Waals surface area contributed by atoms with Crippen LogP contribution >= 0.6 is 0 Å². The van der Waals surface area contributed by atoms with Crippen molar-refractivity contribution in [2.24, 2.45) is 5.92 Å². The number of hydrogen-bond acceptors (Lipinski definition) is 5. The molecular weight excluding hydrogens is 274 g/mol. The first-order valence-corrected chi connectivity index (χ1v) is 6.88. The molecule has 1 fully saturated rings. The van der Waals surface area contributed by atoms with Crippen LogP contribution in [0.4, 0.5) is 11.4 Å². The summed E-state index contributed by atoms with van der Waals surface area (Å²) in [6.45, 7) is 2.83. The predicted molar refractivity (Wildman–Crippen MR) is 78.5 cm³/mol. The topological polar surface area (TPSA) is 93.5 Å². The van der Waals surface area contributed by atoms with E-state index >= 15 is 0 Å². The second-order valence-corrected chi connectivity index (χ2v) is 5.21. The second-order valence-electron chi connectivity index (χ2n) is 5.21. The highest BCUT2D eigenvalue weighted by atomic mass is 16.6. The van der Waals surface area contributed by atoms with Gasteiger partial charge in [-0.15, -0.1) is 0 Å². The number of rotatable bonds is 4. The number of nitro groups is 1. The first-order valence-electron chi connectivity index (χ1n) is 6.88. The Labute approximate surface area is 122 Å². The molecule has 0 saturated carbocycles. The number of nitrogens with one attached hydrogen (secondary N) is 2. The molecule has 1 amide bonds. The molecule has 2 rings (SSSR count).